The summed E-state index contributed by atoms with van der Waals surface area (Å²) in [5, 5.41) is 11.4. The third-order valence-corrected chi connectivity index (χ3v) is 4.33. The van der Waals surface area contributed by atoms with E-state index >= 15 is 0 Å². The van der Waals surface area contributed by atoms with Crippen LogP contribution in [0.1, 0.15) is 23.6 Å². The van der Waals surface area contributed by atoms with Crippen LogP contribution in [0.15, 0.2) is 54.6 Å². The van der Waals surface area contributed by atoms with Gasteiger partial charge >= 0.3 is 0 Å². The Kier molecular flexibility index (Phi) is 2.92. The smallest absolute Gasteiger partial charge is 0.130 e. The van der Waals surface area contributed by atoms with Gasteiger partial charge in [-0.2, -0.15) is 0 Å². The largest absolute Gasteiger partial charge is 0.379 e. The number of fused-ring (bicyclic) bond motifs is 1. The van der Waals surface area contributed by atoms with Crippen LogP contribution in [0.2, 0.25) is 0 Å². The molecule has 0 fully saturated rings. The Labute approximate surface area is 114 Å². The Balaban J connectivity index is 2.23. The first kappa shape index (κ1) is 12.4. The average molecular weight is 253 g/mol. The van der Waals surface area contributed by atoms with Crippen LogP contribution in [0.3, 0.4) is 0 Å². The highest BCUT2D eigenvalue weighted by molar-refractivity contribution is 5.44. The predicted molar refractivity (Wildman–Crippen MR) is 76.8 cm³/mol. The van der Waals surface area contributed by atoms with Crippen molar-refractivity contribution in [2.24, 2.45) is 0 Å². The molecule has 0 unspecified atom stereocenters. The molecule has 98 valence electrons. The molecule has 1 aliphatic heterocycles. The maximum atomic E-state index is 11.4. The second-order valence-electron chi connectivity index (χ2n) is 5.38. The first-order chi connectivity index (χ1) is 9.14. The summed E-state index contributed by atoms with van der Waals surface area (Å²) in [6.45, 7) is 2.97. The Morgan fingerprint density at radius 2 is 1.68 bits per heavy atom. The first-order valence-electron chi connectivity index (χ1n) is 6.70. The van der Waals surface area contributed by atoms with Gasteiger partial charge in [-0.05, 0) is 30.7 Å². The van der Waals surface area contributed by atoms with E-state index < -0.39 is 5.60 Å². The van der Waals surface area contributed by atoms with Gasteiger partial charge < -0.3 is 5.11 Å². The number of hydrogen-bond donors (Lipinski definition) is 1. The maximum absolute atomic E-state index is 11.4. The number of nitrogens with zero attached hydrogens (tertiary/aromatic N) is 1. The van der Waals surface area contributed by atoms with Gasteiger partial charge in [0, 0.05) is 12.6 Å². The van der Waals surface area contributed by atoms with Gasteiger partial charge in [-0.1, -0.05) is 54.6 Å². The maximum Gasteiger partial charge on any atom is 0.130 e. The van der Waals surface area contributed by atoms with E-state index in [-0.39, 0.29) is 6.04 Å². The summed E-state index contributed by atoms with van der Waals surface area (Å²) >= 11 is 0. The van der Waals surface area contributed by atoms with Crippen LogP contribution in [0.4, 0.5) is 0 Å². The van der Waals surface area contributed by atoms with Gasteiger partial charge in [0.1, 0.15) is 5.60 Å². The first-order valence-corrected chi connectivity index (χ1v) is 6.70. The van der Waals surface area contributed by atoms with E-state index in [4.69, 9.17) is 0 Å². The molecule has 2 aromatic rings. The lowest BCUT2D eigenvalue weighted by atomic mass is 9.75. The van der Waals surface area contributed by atoms with E-state index in [0.717, 1.165) is 17.7 Å². The molecule has 0 saturated carbocycles. The number of likely N-dealkylation sites (N-methyl/N-ethyl adjacent to an activating group) is 1. The highest BCUT2D eigenvalue weighted by Crippen LogP contribution is 2.40. The SMILES string of the molecule is C[C@H]1N(C)Cc2ccccc2[C@]1(O)c1ccccc1. The van der Waals surface area contributed by atoms with Gasteiger partial charge in [-0.3, -0.25) is 4.90 Å². The van der Waals surface area contributed by atoms with Gasteiger partial charge in [0.05, 0.1) is 0 Å². The minimum atomic E-state index is -0.940. The summed E-state index contributed by atoms with van der Waals surface area (Å²) < 4.78 is 0. The van der Waals surface area contributed by atoms with Crippen LogP contribution in [0.5, 0.6) is 0 Å². The minimum absolute atomic E-state index is 0.0461. The zero-order valence-electron chi connectivity index (χ0n) is 11.4. The molecule has 3 rings (SSSR count). The molecule has 0 amide bonds. The van der Waals surface area contributed by atoms with Crippen LogP contribution >= 0.6 is 0 Å². The summed E-state index contributed by atoms with van der Waals surface area (Å²) in [6.07, 6.45) is 0. The molecule has 0 spiro atoms. The fourth-order valence-corrected chi connectivity index (χ4v) is 3.07. The van der Waals surface area contributed by atoms with Crippen LogP contribution in [0.25, 0.3) is 0 Å². The lowest BCUT2D eigenvalue weighted by molar-refractivity contribution is -0.0199. The van der Waals surface area contributed by atoms with Gasteiger partial charge in [-0.25, -0.2) is 0 Å². The summed E-state index contributed by atoms with van der Waals surface area (Å²) in [5.41, 5.74) is 2.26. The zero-order valence-corrected chi connectivity index (χ0v) is 11.4. The van der Waals surface area contributed by atoms with Crippen molar-refractivity contribution in [1.82, 2.24) is 4.90 Å². The third kappa shape index (κ3) is 1.79. The molecule has 0 aromatic heterocycles. The molecule has 0 radical (unpaired) electrons. The van der Waals surface area contributed by atoms with Crippen molar-refractivity contribution < 1.29 is 5.11 Å². The van der Waals surface area contributed by atoms with Crippen LogP contribution < -0.4 is 0 Å². The van der Waals surface area contributed by atoms with E-state index in [2.05, 4.69) is 24.9 Å². The normalized spacial score (nSPS) is 27.0. The van der Waals surface area contributed by atoms with E-state index in [1.165, 1.54) is 5.56 Å². The predicted octanol–water partition coefficient (Wildman–Crippen LogP) is 2.76. The molecule has 2 aromatic carbocycles. The standard InChI is InChI=1S/C17H19NO/c1-13-17(19,15-9-4-3-5-10-15)16-11-7-6-8-14(16)12-18(13)2/h3-11,13,19H,12H2,1-2H3/t13-,17-/m1/s1. The van der Waals surface area contributed by atoms with Crippen LogP contribution in [0, 0.1) is 0 Å². The Morgan fingerprint density at radius 1 is 1.05 bits per heavy atom. The summed E-state index contributed by atoms with van der Waals surface area (Å²) in [4.78, 5) is 2.20. The highest BCUT2D eigenvalue weighted by atomic mass is 16.3. The molecule has 0 bridgehead atoms. The second-order valence-corrected chi connectivity index (χ2v) is 5.38. The fraction of sp³-hybridized carbons (Fsp3) is 0.294. The Bertz CT molecular complexity index is 581. The minimum Gasteiger partial charge on any atom is -0.379 e. The molecule has 2 heteroatoms. The number of rotatable bonds is 1. The van der Waals surface area contributed by atoms with Crippen LogP contribution in [-0.4, -0.2) is 23.1 Å². The zero-order chi connectivity index (χ0) is 13.5. The number of hydrogen-bond acceptors (Lipinski definition) is 2. The molecule has 0 aliphatic carbocycles. The van der Waals surface area contributed by atoms with E-state index in [1.807, 2.05) is 48.5 Å². The molecule has 0 saturated heterocycles. The topological polar surface area (TPSA) is 23.5 Å². The van der Waals surface area contributed by atoms with Crippen molar-refractivity contribution in [3.63, 3.8) is 0 Å². The Hall–Kier alpha value is -1.64. The summed E-state index contributed by atoms with van der Waals surface area (Å²) in [6, 6.07) is 18.2. The van der Waals surface area contributed by atoms with E-state index in [9.17, 15) is 5.11 Å². The molecule has 2 atom stereocenters. The quantitative estimate of drug-likeness (QED) is 0.844. The molecule has 1 N–H and O–H groups in total. The molecule has 1 heterocycles. The average Bonchev–Trinajstić information content (AvgIpc) is 2.46. The lowest BCUT2D eigenvalue weighted by Gasteiger charge is -2.45. The van der Waals surface area contributed by atoms with E-state index in [0.29, 0.717) is 0 Å². The highest BCUT2D eigenvalue weighted by Gasteiger charge is 2.44. The van der Waals surface area contributed by atoms with Crippen molar-refractivity contribution >= 4 is 0 Å². The lowest BCUT2D eigenvalue weighted by Crippen LogP contribution is -2.52. The van der Waals surface area contributed by atoms with Crippen LogP contribution in [-0.2, 0) is 12.1 Å². The van der Waals surface area contributed by atoms with Crippen molar-refractivity contribution in [2.45, 2.75) is 25.1 Å². The van der Waals surface area contributed by atoms with Gasteiger partial charge in [0.25, 0.3) is 0 Å². The number of aliphatic hydroxyl groups is 1. The number of benzene rings is 2. The van der Waals surface area contributed by atoms with Crippen molar-refractivity contribution in [3.8, 4) is 0 Å². The van der Waals surface area contributed by atoms with Crippen molar-refractivity contribution in [1.29, 1.82) is 0 Å². The summed E-state index contributed by atoms with van der Waals surface area (Å²) in [7, 11) is 2.06. The summed E-state index contributed by atoms with van der Waals surface area (Å²) in [5.74, 6) is 0. The van der Waals surface area contributed by atoms with Gasteiger partial charge in [0.15, 0.2) is 0 Å². The molecule has 2 nitrogen and oxygen atoms in total. The third-order valence-electron chi connectivity index (χ3n) is 4.33. The van der Waals surface area contributed by atoms with Gasteiger partial charge in [0.2, 0.25) is 0 Å². The second kappa shape index (κ2) is 4.48. The molecule has 19 heavy (non-hydrogen) atoms. The van der Waals surface area contributed by atoms with Crippen molar-refractivity contribution in [2.75, 3.05) is 7.05 Å². The molecular formula is C17H19NO. The Morgan fingerprint density at radius 3 is 2.42 bits per heavy atom. The van der Waals surface area contributed by atoms with E-state index in [1.54, 1.807) is 0 Å². The monoisotopic (exact) mass is 253 g/mol. The van der Waals surface area contributed by atoms with Crippen molar-refractivity contribution in [3.05, 3.63) is 71.3 Å². The molecular weight excluding hydrogens is 234 g/mol. The van der Waals surface area contributed by atoms with Gasteiger partial charge in [-0.15, -0.1) is 0 Å². The fourth-order valence-electron chi connectivity index (χ4n) is 3.07. The molecule has 1 aliphatic rings.